The minimum Gasteiger partial charge on any atom is -0.497 e. The maximum Gasteiger partial charge on any atom is 0.242 e. The van der Waals surface area contributed by atoms with Gasteiger partial charge in [0.1, 0.15) is 11.6 Å². The fourth-order valence-electron chi connectivity index (χ4n) is 2.68. The molecule has 0 unspecified atom stereocenters. The molecule has 3 aromatic rings. The smallest absolute Gasteiger partial charge is 0.242 e. The highest BCUT2D eigenvalue weighted by Gasteiger charge is 2.21. The second kappa shape index (κ2) is 9.34. The largest absolute Gasteiger partial charge is 0.497 e. The van der Waals surface area contributed by atoms with Gasteiger partial charge in [0.05, 0.1) is 12.0 Å². The predicted octanol–water partition coefficient (Wildman–Crippen LogP) is 2.89. The molecule has 7 nitrogen and oxygen atoms in total. The third kappa shape index (κ3) is 5.31. The van der Waals surface area contributed by atoms with Crippen LogP contribution in [0.4, 0.5) is 5.13 Å². The monoisotopic (exact) mass is 432 g/mol. The minimum absolute atomic E-state index is 0.240. The number of methoxy groups -OCH3 is 1. The van der Waals surface area contributed by atoms with Crippen LogP contribution in [0.5, 0.6) is 5.75 Å². The topological polar surface area (TPSA) is 75.6 Å². The van der Waals surface area contributed by atoms with E-state index in [1.165, 1.54) is 15.8 Å². The molecule has 0 aliphatic heterocycles. The van der Waals surface area contributed by atoms with E-state index < -0.39 is 10.0 Å². The molecule has 0 saturated carbocycles. The average Bonchev–Trinajstić information content (AvgIpc) is 3.21. The summed E-state index contributed by atoms with van der Waals surface area (Å²) in [4.78, 5) is 6.74. The van der Waals surface area contributed by atoms with Gasteiger partial charge in [0, 0.05) is 45.1 Å². The first-order valence-corrected chi connectivity index (χ1v) is 11.3. The lowest BCUT2D eigenvalue weighted by molar-refractivity contribution is 0.414. The van der Waals surface area contributed by atoms with Crippen LogP contribution in [0.3, 0.4) is 0 Å². The van der Waals surface area contributed by atoms with Crippen molar-refractivity contribution in [2.75, 3.05) is 39.2 Å². The van der Waals surface area contributed by atoms with Crippen LogP contribution in [-0.4, -0.2) is 56.4 Å². The Hall–Kier alpha value is -2.49. The number of nitrogens with zero attached hydrogens (tertiary/aromatic N) is 4. The molecular weight excluding hydrogens is 408 g/mol. The molecule has 0 radical (unpaired) electrons. The van der Waals surface area contributed by atoms with E-state index in [4.69, 9.17) is 4.74 Å². The molecule has 1 heterocycles. The maximum absolute atomic E-state index is 12.7. The number of hydrogen-bond donors (Lipinski definition) is 0. The molecule has 0 aliphatic rings. The molecule has 0 spiro atoms. The second-order valence-electron chi connectivity index (χ2n) is 6.58. The summed E-state index contributed by atoms with van der Waals surface area (Å²) in [6.45, 7) is 0.838. The zero-order valence-electron chi connectivity index (χ0n) is 16.6. The summed E-state index contributed by atoms with van der Waals surface area (Å²) >= 11 is 1.32. The molecule has 0 aliphatic carbocycles. The van der Waals surface area contributed by atoms with Crippen molar-refractivity contribution in [2.24, 2.45) is 0 Å². The van der Waals surface area contributed by atoms with Crippen LogP contribution < -0.4 is 9.64 Å². The Morgan fingerprint density at radius 3 is 2.34 bits per heavy atom. The summed E-state index contributed by atoms with van der Waals surface area (Å²) in [5, 5.41) is 0.770. The molecule has 0 bridgehead atoms. The van der Waals surface area contributed by atoms with Crippen LogP contribution in [0.2, 0.25) is 0 Å². The van der Waals surface area contributed by atoms with Crippen molar-refractivity contribution < 1.29 is 13.2 Å². The highest BCUT2D eigenvalue weighted by molar-refractivity contribution is 7.89. The van der Waals surface area contributed by atoms with E-state index >= 15 is 0 Å². The molecule has 154 valence electrons. The number of sulfonamides is 1. The van der Waals surface area contributed by atoms with E-state index in [9.17, 15) is 8.42 Å². The quantitative estimate of drug-likeness (QED) is 0.518. The van der Waals surface area contributed by atoms with Crippen LogP contribution in [0, 0.1) is 0 Å². The first kappa shape index (κ1) is 21.2. The van der Waals surface area contributed by atoms with Crippen molar-refractivity contribution in [1.29, 1.82) is 0 Å². The molecule has 29 heavy (non-hydrogen) atoms. The maximum atomic E-state index is 12.7. The van der Waals surface area contributed by atoms with Gasteiger partial charge in [-0.05, 0) is 29.8 Å². The zero-order chi connectivity index (χ0) is 20.9. The highest BCUT2D eigenvalue weighted by atomic mass is 32.2. The van der Waals surface area contributed by atoms with Crippen LogP contribution >= 0.6 is 11.5 Å². The molecule has 0 atom stereocenters. The normalized spacial score (nSPS) is 11.6. The van der Waals surface area contributed by atoms with E-state index in [1.807, 2.05) is 42.3 Å². The number of aromatic nitrogens is 2. The molecule has 2 aromatic carbocycles. The van der Waals surface area contributed by atoms with E-state index in [1.54, 1.807) is 38.4 Å². The first-order chi connectivity index (χ1) is 13.9. The van der Waals surface area contributed by atoms with Gasteiger partial charge >= 0.3 is 0 Å². The van der Waals surface area contributed by atoms with Crippen molar-refractivity contribution in [2.45, 2.75) is 11.3 Å². The molecule has 3 rings (SSSR count). The minimum atomic E-state index is -3.56. The van der Waals surface area contributed by atoms with E-state index in [2.05, 4.69) is 9.36 Å². The Bertz CT molecular complexity index is 1020. The van der Waals surface area contributed by atoms with E-state index in [0.29, 0.717) is 25.3 Å². The first-order valence-electron chi connectivity index (χ1n) is 9.08. The van der Waals surface area contributed by atoms with Crippen molar-refractivity contribution in [1.82, 2.24) is 13.7 Å². The van der Waals surface area contributed by atoms with Gasteiger partial charge in [-0.15, -0.1) is 0 Å². The second-order valence-corrected chi connectivity index (χ2v) is 9.35. The van der Waals surface area contributed by atoms with Crippen molar-refractivity contribution in [3.05, 3.63) is 66.0 Å². The third-order valence-corrected chi connectivity index (χ3v) is 7.25. The summed E-state index contributed by atoms with van der Waals surface area (Å²) < 4.78 is 36.3. The van der Waals surface area contributed by atoms with Crippen molar-refractivity contribution in [3.8, 4) is 5.75 Å². The average molecular weight is 433 g/mol. The van der Waals surface area contributed by atoms with Crippen LogP contribution in [-0.2, 0) is 16.4 Å². The van der Waals surface area contributed by atoms with Crippen LogP contribution in [0.15, 0.2) is 59.5 Å². The Morgan fingerprint density at radius 2 is 1.69 bits per heavy atom. The Labute approximate surface area is 175 Å². The van der Waals surface area contributed by atoms with Gasteiger partial charge in [-0.2, -0.15) is 8.68 Å². The lowest BCUT2D eigenvalue weighted by Gasteiger charge is -2.21. The number of rotatable bonds is 9. The number of hydrogen-bond acceptors (Lipinski definition) is 7. The molecule has 1 aromatic heterocycles. The summed E-state index contributed by atoms with van der Waals surface area (Å²) in [5.74, 6) is 1.39. The number of ether oxygens (including phenoxy) is 1. The molecular formula is C20H24N4O3S2. The Morgan fingerprint density at radius 1 is 1.00 bits per heavy atom. The SMILES string of the molecule is COc1ccc(S(=O)(=O)N(C)CCN(C)c2nc(Cc3ccccc3)ns2)cc1. The summed E-state index contributed by atoms with van der Waals surface area (Å²) in [7, 11) is 1.45. The molecule has 0 fully saturated rings. The van der Waals surface area contributed by atoms with Gasteiger partial charge in [-0.3, -0.25) is 0 Å². The molecule has 0 amide bonds. The number of benzene rings is 2. The van der Waals surface area contributed by atoms with Crippen LogP contribution in [0.1, 0.15) is 11.4 Å². The predicted molar refractivity (Wildman–Crippen MR) is 115 cm³/mol. The van der Waals surface area contributed by atoms with Crippen molar-refractivity contribution >= 4 is 26.7 Å². The van der Waals surface area contributed by atoms with Gasteiger partial charge in [0.25, 0.3) is 0 Å². The highest BCUT2D eigenvalue weighted by Crippen LogP contribution is 2.20. The van der Waals surface area contributed by atoms with E-state index in [0.717, 1.165) is 16.5 Å². The van der Waals surface area contributed by atoms with Gasteiger partial charge in [-0.1, -0.05) is 30.3 Å². The summed E-state index contributed by atoms with van der Waals surface area (Å²) in [5.41, 5.74) is 1.16. The fraction of sp³-hybridized carbons (Fsp3) is 0.300. The van der Waals surface area contributed by atoms with Gasteiger partial charge in [0.15, 0.2) is 0 Å². The fourth-order valence-corrected chi connectivity index (χ4v) is 4.52. The Kier molecular flexibility index (Phi) is 6.83. The summed E-state index contributed by atoms with van der Waals surface area (Å²) in [6.07, 6.45) is 0.678. The molecule has 0 N–H and O–H groups in total. The number of likely N-dealkylation sites (N-methyl/N-ethyl adjacent to an activating group) is 2. The van der Waals surface area contributed by atoms with Gasteiger partial charge in [0.2, 0.25) is 15.2 Å². The summed E-state index contributed by atoms with van der Waals surface area (Å²) in [6, 6.07) is 16.4. The molecule has 0 saturated heterocycles. The lowest BCUT2D eigenvalue weighted by atomic mass is 10.1. The number of anilines is 1. The molecule has 9 heteroatoms. The van der Waals surface area contributed by atoms with Gasteiger partial charge < -0.3 is 9.64 Å². The van der Waals surface area contributed by atoms with Crippen molar-refractivity contribution in [3.63, 3.8) is 0 Å². The van der Waals surface area contributed by atoms with E-state index in [-0.39, 0.29) is 4.90 Å². The lowest BCUT2D eigenvalue weighted by Crippen LogP contribution is -2.34. The van der Waals surface area contributed by atoms with Crippen LogP contribution in [0.25, 0.3) is 0 Å². The standard InChI is InChI=1S/C20H24N4O3S2/c1-23(20-21-19(22-28-20)15-16-7-5-4-6-8-16)13-14-24(2)29(25,26)18-11-9-17(27-3)10-12-18/h4-12H,13-15H2,1-3H3. The zero-order valence-corrected chi connectivity index (χ0v) is 18.3. The Balaban J connectivity index is 1.58. The third-order valence-electron chi connectivity index (χ3n) is 4.51. The van der Waals surface area contributed by atoms with Gasteiger partial charge in [-0.25, -0.2) is 13.4 Å².